The Balaban J connectivity index is 1.56. The van der Waals surface area contributed by atoms with Gasteiger partial charge in [-0.1, -0.05) is 35.9 Å². The number of amides is 2. The number of hydrogen-bond donors (Lipinski definition) is 2. The summed E-state index contributed by atoms with van der Waals surface area (Å²) in [7, 11) is -4.02. The van der Waals surface area contributed by atoms with Gasteiger partial charge in [0.15, 0.2) is 0 Å². The molecule has 0 saturated heterocycles. The highest BCUT2D eigenvalue weighted by Crippen LogP contribution is 2.39. The Labute approximate surface area is 193 Å². The van der Waals surface area contributed by atoms with Gasteiger partial charge in [-0.25, -0.2) is 8.42 Å². The normalized spacial score (nSPS) is 21.5. The average molecular weight is 470 g/mol. The van der Waals surface area contributed by atoms with Gasteiger partial charge in [0, 0.05) is 24.4 Å². The van der Waals surface area contributed by atoms with Gasteiger partial charge in [-0.15, -0.1) is 0 Å². The van der Waals surface area contributed by atoms with E-state index in [0.29, 0.717) is 12.2 Å². The Bertz CT molecular complexity index is 1200. The Morgan fingerprint density at radius 2 is 1.88 bits per heavy atom. The molecule has 0 unspecified atom stereocenters. The molecule has 0 aromatic heterocycles. The topological polar surface area (TPSA) is 105 Å². The molecule has 0 saturated carbocycles. The maximum absolute atomic E-state index is 13.2. The summed E-state index contributed by atoms with van der Waals surface area (Å²) in [5.74, 6) is -0.288. The third-order valence-corrected chi connectivity index (χ3v) is 7.54. The van der Waals surface area contributed by atoms with Crippen molar-refractivity contribution in [3.63, 3.8) is 0 Å². The molecule has 2 amide bonds. The van der Waals surface area contributed by atoms with Gasteiger partial charge in [0.05, 0.1) is 17.4 Å². The van der Waals surface area contributed by atoms with Crippen LogP contribution in [-0.2, 0) is 19.6 Å². The number of carbonyl (C=O) groups is 2. The molecule has 2 aromatic rings. The molecule has 2 heterocycles. The largest absolute Gasteiger partial charge is 0.487 e. The van der Waals surface area contributed by atoms with Crippen LogP contribution in [0.25, 0.3) is 0 Å². The summed E-state index contributed by atoms with van der Waals surface area (Å²) in [5.41, 5.74) is 1.27. The summed E-state index contributed by atoms with van der Waals surface area (Å²) >= 11 is 0. The summed E-state index contributed by atoms with van der Waals surface area (Å²) in [4.78, 5) is 25.7. The molecule has 0 spiro atoms. The van der Waals surface area contributed by atoms with E-state index in [4.69, 9.17) is 4.74 Å². The van der Waals surface area contributed by atoms with E-state index in [9.17, 15) is 18.0 Å². The number of para-hydroxylation sites is 1. The van der Waals surface area contributed by atoms with E-state index >= 15 is 0 Å². The number of fused-ring (bicyclic) bond motifs is 1. The summed E-state index contributed by atoms with van der Waals surface area (Å²) < 4.78 is 33.4. The number of aryl methyl sites for hydroxylation is 1. The van der Waals surface area contributed by atoms with Crippen molar-refractivity contribution < 1.29 is 22.7 Å². The van der Waals surface area contributed by atoms with Crippen LogP contribution in [-0.4, -0.2) is 36.2 Å². The first-order chi connectivity index (χ1) is 15.6. The highest BCUT2D eigenvalue weighted by atomic mass is 32.2. The Hall–Kier alpha value is -3.33. The van der Waals surface area contributed by atoms with Gasteiger partial charge in [-0.2, -0.15) is 0 Å². The molecule has 4 rings (SSSR count). The van der Waals surface area contributed by atoms with E-state index in [1.807, 2.05) is 45.0 Å². The minimum absolute atomic E-state index is 0.0537. The number of benzene rings is 2. The van der Waals surface area contributed by atoms with Crippen LogP contribution in [0.5, 0.6) is 5.75 Å². The molecule has 9 heteroatoms. The van der Waals surface area contributed by atoms with Crippen LogP contribution in [0.4, 0.5) is 0 Å². The lowest BCUT2D eigenvalue weighted by molar-refractivity contribution is -0.130. The SMILES string of the molecule is Cc1ccc(S(=O)(=O)N2C=CNC(=O)[C@H]2CC(=O)N[C@@H]2CC(C)(C)Oc3ccccc32)cc1. The summed E-state index contributed by atoms with van der Waals surface area (Å²) in [6, 6.07) is 12.3. The number of ether oxygens (including phenoxy) is 1. The molecular formula is C24H27N3O5S. The van der Waals surface area contributed by atoms with Crippen LogP contribution < -0.4 is 15.4 Å². The zero-order chi connectivity index (χ0) is 23.8. The Kier molecular flexibility index (Phi) is 5.92. The quantitative estimate of drug-likeness (QED) is 0.701. The summed E-state index contributed by atoms with van der Waals surface area (Å²) in [6.07, 6.45) is 2.76. The van der Waals surface area contributed by atoms with Crippen molar-refractivity contribution in [2.24, 2.45) is 0 Å². The molecule has 8 nitrogen and oxygen atoms in total. The molecule has 2 aliphatic rings. The van der Waals surface area contributed by atoms with Gasteiger partial charge in [-0.3, -0.25) is 13.9 Å². The van der Waals surface area contributed by atoms with Crippen LogP contribution in [0, 0.1) is 6.92 Å². The van der Waals surface area contributed by atoms with Gasteiger partial charge in [0.25, 0.3) is 10.0 Å². The lowest BCUT2D eigenvalue weighted by Crippen LogP contribution is -2.51. The van der Waals surface area contributed by atoms with Gasteiger partial charge >= 0.3 is 0 Å². The molecular weight excluding hydrogens is 442 g/mol. The van der Waals surface area contributed by atoms with Crippen molar-refractivity contribution in [1.82, 2.24) is 14.9 Å². The van der Waals surface area contributed by atoms with Crippen LogP contribution in [0.15, 0.2) is 65.8 Å². The predicted molar refractivity (Wildman–Crippen MR) is 123 cm³/mol. The second-order valence-electron chi connectivity index (χ2n) is 8.92. The van der Waals surface area contributed by atoms with E-state index in [-0.39, 0.29) is 17.4 Å². The van der Waals surface area contributed by atoms with Crippen LogP contribution >= 0.6 is 0 Å². The maximum atomic E-state index is 13.2. The molecule has 0 radical (unpaired) electrons. The lowest BCUT2D eigenvalue weighted by atomic mass is 9.89. The predicted octanol–water partition coefficient (Wildman–Crippen LogP) is 2.76. The molecule has 0 bridgehead atoms. The second-order valence-corrected chi connectivity index (χ2v) is 10.8. The Morgan fingerprint density at radius 1 is 1.18 bits per heavy atom. The van der Waals surface area contributed by atoms with Crippen molar-refractivity contribution in [1.29, 1.82) is 0 Å². The van der Waals surface area contributed by atoms with E-state index in [0.717, 1.165) is 15.4 Å². The smallest absolute Gasteiger partial charge is 0.264 e. The average Bonchev–Trinajstić information content (AvgIpc) is 2.74. The van der Waals surface area contributed by atoms with Crippen molar-refractivity contribution in [3.05, 3.63) is 72.1 Å². The van der Waals surface area contributed by atoms with Crippen LogP contribution in [0.1, 0.15) is 43.9 Å². The van der Waals surface area contributed by atoms with Gasteiger partial charge in [0.1, 0.15) is 17.4 Å². The number of rotatable bonds is 5. The van der Waals surface area contributed by atoms with Crippen molar-refractivity contribution in [3.8, 4) is 5.75 Å². The van der Waals surface area contributed by atoms with E-state index in [2.05, 4.69) is 10.6 Å². The third-order valence-electron chi connectivity index (χ3n) is 5.74. The molecule has 174 valence electrons. The fourth-order valence-corrected chi connectivity index (χ4v) is 5.58. The maximum Gasteiger partial charge on any atom is 0.264 e. The van der Waals surface area contributed by atoms with Crippen molar-refractivity contribution >= 4 is 21.8 Å². The van der Waals surface area contributed by atoms with Crippen molar-refractivity contribution in [2.75, 3.05) is 0 Å². The van der Waals surface area contributed by atoms with Crippen LogP contribution in [0.2, 0.25) is 0 Å². The molecule has 33 heavy (non-hydrogen) atoms. The second kappa shape index (κ2) is 8.55. The van der Waals surface area contributed by atoms with Crippen LogP contribution in [0.3, 0.4) is 0 Å². The number of nitrogens with one attached hydrogen (secondary N) is 2. The Morgan fingerprint density at radius 3 is 2.61 bits per heavy atom. The monoisotopic (exact) mass is 469 g/mol. The first kappa shape index (κ1) is 22.8. The highest BCUT2D eigenvalue weighted by Gasteiger charge is 2.39. The van der Waals surface area contributed by atoms with Gasteiger partial charge < -0.3 is 15.4 Å². The first-order valence-corrected chi connectivity index (χ1v) is 12.2. The third kappa shape index (κ3) is 4.73. The highest BCUT2D eigenvalue weighted by molar-refractivity contribution is 7.89. The molecule has 0 aliphatic carbocycles. The minimum atomic E-state index is -4.02. The molecule has 0 fully saturated rings. The number of sulfonamides is 1. The van der Waals surface area contributed by atoms with E-state index < -0.39 is 33.5 Å². The fraction of sp³-hybridized carbons (Fsp3) is 0.333. The first-order valence-electron chi connectivity index (χ1n) is 10.7. The van der Waals surface area contributed by atoms with Gasteiger partial charge in [-0.05, 0) is 39.0 Å². The number of hydrogen-bond acceptors (Lipinski definition) is 5. The lowest BCUT2D eigenvalue weighted by Gasteiger charge is -2.38. The standard InChI is InChI=1S/C24H27N3O5S/c1-16-8-10-17(11-9-16)33(30,31)27-13-12-25-23(29)20(27)14-22(28)26-19-15-24(2,3)32-21-7-5-4-6-18(19)21/h4-13,19-20H,14-15H2,1-3H3,(H,25,29)(H,26,28)/t19-,20-/m1/s1. The number of nitrogens with zero attached hydrogens (tertiary/aromatic N) is 1. The van der Waals surface area contributed by atoms with Gasteiger partial charge in [0.2, 0.25) is 11.8 Å². The zero-order valence-electron chi connectivity index (χ0n) is 18.7. The molecule has 2 N–H and O–H groups in total. The summed E-state index contributed by atoms with van der Waals surface area (Å²) in [6.45, 7) is 5.74. The molecule has 2 aromatic carbocycles. The molecule has 2 atom stereocenters. The minimum Gasteiger partial charge on any atom is -0.487 e. The molecule has 2 aliphatic heterocycles. The zero-order valence-corrected chi connectivity index (χ0v) is 19.6. The van der Waals surface area contributed by atoms with E-state index in [1.165, 1.54) is 24.5 Å². The summed E-state index contributed by atoms with van der Waals surface area (Å²) in [5, 5.41) is 5.48. The van der Waals surface area contributed by atoms with Crippen molar-refractivity contribution in [2.45, 2.75) is 56.2 Å². The number of carbonyl (C=O) groups excluding carboxylic acids is 2. The fourth-order valence-electron chi connectivity index (χ4n) is 4.13. The van der Waals surface area contributed by atoms with E-state index in [1.54, 1.807) is 12.1 Å².